The first-order valence-corrected chi connectivity index (χ1v) is 9.12. The summed E-state index contributed by atoms with van der Waals surface area (Å²) in [7, 11) is 1.67. The van der Waals surface area contributed by atoms with Gasteiger partial charge in [0.2, 0.25) is 0 Å². The van der Waals surface area contributed by atoms with E-state index < -0.39 is 6.61 Å². The maximum atomic E-state index is 12.5. The van der Waals surface area contributed by atoms with E-state index in [2.05, 4.69) is 61.7 Å². The highest BCUT2D eigenvalue weighted by Gasteiger charge is 2.10. The maximum Gasteiger partial charge on any atom is 0.387 e. The first-order valence-electron chi connectivity index (χ1n) is 9.12. The predicted molar refractivity (Wildman–Crippen MR) is 123 cm³/mol. The SMILES string of the molecule is CN=C(NCc1ccc(N2CC=CC2)cc1)NCc1ccccc1OC(F)F.I. The average molecular weight is 514 g/mol. The first kappa shape index (κ1) is 22.9. The third-order valence-electron chi connectivity index (χ3n) is 4.44. The van der Waals surface area contributed by atoms with Crippen LogP contribution in [-0.4, -0.2) is 32.7 Å². The molecule has 1 heterocycles. The Morgan fingerprint density at radius 1 is 1.03 bits per heavy atom. The summed E-state index contributed by atoms with van der Waals surface area (Å²) in [6.45, 7) is -0.0231. The van der Waals surface area contributed by atoms with Gasteiger partial charge in [-0.15, -0.1) is 24.0 Å². The lowest BCUT2D eigenvalue weighted by atomic mass is 10.2. The van der Waals surface area contributed by atoms with E-state index in [9.17, 15) is 8.78 Å². The van der Waals surface area contributed by atoms with Crippen molar-refractivity contribution in [3.8, 4) is 5.75 Å². The van der Waals surface area contributed by atoms with Crippen LogP contribution in [0.5, 0.6) is 5.75 Å². The molecule has 3 rings (SSSR count). The molecule has 0 amide bonds. The van der Waals surface area contributed by atoms with Crippen molar-refractivity contribution in [2.45, 2.75) is 19.7 Å². The average Bonchev–Trinajstić information content (AvgIpc) is 3.24. The number of nitrogens with zero attached hydrogens (tertiary/aromatic N) is 2. The van der Waals surface area contributed by atoms with Gasteiger partial charge in [0.1, 0.15) is 5.75 Å². The topological polar surface area (TPSA) is 48.9 Å². The quantitative estimate of drug-likeness (QED) is 0.253. The number of hydrogen-bond donors (Lipinski definition) is 2. The second-order valence-electron chi connectivity index (χ2n) is 6.31. The number of aliphatic imine (C=N–C) groups is 1. The third kappa shape index (κ3) is 6.88. The van der Waals surface area contributed by atoms with Crippen molar-refractivity contribution in [3.63, 3.8) is 0 Å². The molecule has 0 unspecified atom stereocenters. The van der Waals surface area contributed by atoms with Gasteiger partial charge >= 0.3 is 6.61 Å². The summed E-state index contributed by atoms with van der Waals surface area (Å²) in [5.41, 5.74) is 2.96. The zero-order valence-corrected chi connectivity index (χ0v) is 18.5. The predicted octanol–water partition coefficient (Wildman–Crippen LogP) is 4.15. The van der Waals surface area contributed by atoms with Crippen molar-refractivity contribution in [3.05, 3.63) is 71.8 Å². The number of hydrogen-bond acceptors (Lipinski definition) is 3. The van der Waals surface area contributed by atoms with Crippen molar-refractivity contribution in [2.24, 2.45) is 4.99 Å². The second-order valence-corrected chi connectivity index (χ2v) is 6.31. The summed E-state index contributed by atoms with van der Waals surface area (Å²) in [6.07, 6.45) is 4.32. The Morgan fingerprint density at radius 2 is 1.69 bits per heavy atom. The summed E-state index contributed by atoms with van der Waals surface area (Å²) in [5.74, 6) is 0.743. The fourth-order valence-corrected chi connectivity index (χ4v) is 2.96. The normalized spacial score (nSPS) is 13.4. The van der Waals surface area contributed by atoms with Crippen molar-refractivity contribution in [1.82, 2.24) is 10.6 Å². The van der Waals surface area contributed by atoms with Crippen LogP contribution in [0.25, 0.3) is 0 Å². The Hall–Kier alpha value is -2.36. The van der Waals surface area contributed by atoms with Gasteiger partial charge in [0.05, 0.1) is 0 Å². The van der Waals surface area contributed by atoms with E-state index in [0.717, 1.165) is 18.7 Å². The van der Waals surface area contributed by atoms with Crippen LogP contribution in [0.1, 0.15) is 11.1 Å². The minimum atomic E-state index is -2.85. The van der Waals surface area contributed by atoms with Crippen LogP contribution >= 0.6 is 24.0 Å². The molecule has 0 saturated heterocycles. The van der Waals surface area contributed by atoms with Crippen LogP contribution in [0.15, 0.2) is 65.7 Å². The van der Waals surface area contributed by atoms with Gasteiger partial charge in [0, 0.05) is 44.5 Å². The standard InChI is InChI=1S/C21H24F2N4O.HI/c1-24-21(26-15-17-6-2-3-7-19(17)28-20(22)23)25-14-16-8-10-18(11-9-16)27-12-4-5-13-27;/h2-11,20H,12-15H2,1H3,(H2,24,25,26);1H. The van der Waals surface area contributed by atoms with Gasteiger partial charge in [-0.1, -0.05) is 42.5 Å². The molecule has 2 aromatic rings. The molecule has 2 aromatic carbocycles. The van der Waals surface area contributed by atoms with Gasteiger partial charge in [0.25, 0.3) is 0 Å². The lowest BCUT2D eigenvalue weighted by Crippen LogP contribution is -2.36. The highest BCUT2D eigenvalue weighted by atomic mass is 127. The minimum Gasteiger partial charge on any atom is -0.434 e. The minimum absolute atomic E-state index is 0. The highest BCUT2D eigenvalue weighted by Crippen LogP contribution is 2.20. The monoisotopic (exact) mass is 514 g/mol. The molecule has 8 heteroatoms. The molecule has 0 aliphatic carbocycles. The molecular formula is C21H25F2IN4O. The van der Waals surface area contributed by atoms with Crippen molar-refractivity contribution in [1.29, 1.82) is 0 Å². The van der Waals surface area contributed by atoms with Crippen molar-refractivity contribution < 1.29 is 13.5 Å². The number of para-hydroxylation sites is 1. The summed E-state index contributed by atoms with van der Waals surface area (Å²) in [4.78, 5) is 6.47. The fraction of sp³-hybridized carbons (Fsp3) is 0.286. The van der Waals surface area contributed by atoms with Gasteiger partial charge in [-0.3, -0.25) is 4.99 Å². The van der Waals surface area contributed by atoms with Gasteiger partial charge in [-0.25, -0.2) is 0 Å². The number of alkyl halides is 2. The zero-order valence-electron chi connectivity index (χ0n) is 16.1. The van der Waals surface area contributed by atoms with E-state index in [-0.39, 0.29) is 29.7 Å². The fourth-order valence-electron chi connectivity index (χ4n) is 2.96. The maximum absolute atomic E-state index is 12.5. The van der Waals surface area contributed by atoms with Gasteiger partial charge in [-0.05, 0) is 23.8 Å². The highest BCUT2D eigenvalue weighted by molar-refractivity contribution is 14.0. The summed E-state index contributed by atoms with van der Waals surface area (Å²) >= 11 is 0. The molecule has 0 bridgehead atoms. The molecule has 156 valence electrons. The summed E-state index contributed by atoms with van der Waals surface area (Å²) in [5, 5.41) is 6.35. The number of halogens is 3. The number of benzene rings is 2. The van der Waals surface area contributed by atoms with E-state index in [1.54, 1.807) is 25.2 Å². The van der Waals surface area contributed by atoms with Crippen LogP contribution in [-0.2, 0) is 13.1 Å². The Bertz CT molecular complexity index is 820. The smallest absolute Gasteiger partial charge is 0.387 e. The summed E-state index contributed by atoms with van der Waals surface area (Å²) in [6, 6.07) is 15.1. The Balaban J connectivity index is 0.00000300. The second kappa shape index (κ2) is 11.6. The van der Waals surface area contributed by atoms with E-state index in [1.807, 2.05) is 0 Å². The Morgan fingerprint density at radius 3 is 2.34 bits per heavy atom. The Labute approximate surface area is 186 Å². The molecule has 1 aliphatic heterocycles. The molecule has 5 nitrogen and oxygen atoms in total. The number of nitrogens with one attached hydrogen (secondary N) is 2. The van der Waals surface area contributed by atoms with Crippen LogP contribution in [0.4, 0.5) is 14.5 Å². The Kier molecular flexibility index (Phi) is 9.17. The molecule has 0 aromatic heterocycles. The molecule has 2 N–H and O–H groups in total. The lowest BCUT2D eigenvalue weighted by Gasteiger charge is -2.18. The van der Waals surface area contributed by atoms with Gasteiger partial charge < -0.3 is 20.3 Å². The number of guanidine groups is 1. The van der Waals surface area contributed by atoms with Crippen molar-refractivity contribution >= 4 is 35.6 Å². The summed E-state index contributed by atoms with van der Waals surface area (Å²) < 4.78 is 29.6. The van der Waals surface area contributed by atoms with Gasteiger partial charge in [-0.2, -0.15) is 8.78 Å². The number of rotatable bonds is 7. The lowest BCUT2D eigenvalue weighted by molar-refractivity contribution is -0.0504. The number of anilines is 1. The van der Waals surface area contributed by atoms with Crippen LogP contribution in [0.3, 0.4) is 0 Å². The zero-order chi connectivity index (χ0) is 19.8. The van der Waals surface area contributed by atoms with Crippen molar-refractivity contribution in [2.75, 3.05) is 25.0 Å². The molecule has 29 heavy (non-hydrogen) atoms. The van der Waals surface area contributed by atoms with E-state index in [4.69, 9.17) is 0 Å². The van der Waals surface area contributed by atoms with E-state index in [0.29, 0.717) is 24.6 Å². The molecule has 0 atom stereocenters. The molecule has 0 saturated carbocycles. The van der Waals surface area contributed by atoms with Crippen LogP contribution in [0, 0.1) is 0 Å². The molecule has 0 spiro atoms. The van der Waals surface area contributed by atoms with E-state index in [1.165, 1.54) is 11.8 Å². The molecular weight excluding hydrogens is 489 g/mol. The van der Waals surface area contributed by atoms with E-state index >= 15 is 0 Å². The first-order chi connectivity index (χ1) is 13.7. The molecule has 0 fully saturated rings. The number of ether oxygens (including phenoxy) is 1. The largest absolute Gasteiger partial charge is 0.434 e. The van der Waals surface area contributed by atoms with Crippen LogP contribution in [0.2, 0.25) is 0 Å². The van der Waals surface area contributed by atoms with Gasteiger partial charge in [0.15, 0.2) is 5.96 Å². The van der Waals surface area contributed by atoms with Crippen LogP contribution < -0.4 is 20.3 Å². The molecule has 0 radical (unpaired) electrons. The third-order valence-corrected chi connectivity index (χ3v) is 4.44. The molecule has 1 aliphatic rings.